The van der Waals surface area contributed by atoms with Crippen LogP contribution >= 0.6 is 0 Å². The van der Waals surface area contributed by atoms with E-state index in [2.05, 4.69) is 24.4 Å². The average molecular weight is 177 g/mol. The lowest BCUT2D eigenvalue weighted by atomic mass is 9.88. The summed E-state index contributed by atoms with van der Waals surface area (Å²) < 4.78 is 0. The average Bonchev–Trinajstić information content (AvgIpc) is 2.14. The molecule has 0 aliphatic carbocycles. The second-order valence-corrected chi connectivity index (χ2v) is 3.69. The topological polar surface area (TPSA) is 32.3 Å². The van der Waals surface area contributed by atoms with Crippen molar-refractivity contribution in [3.05, 3.63) is 35.4 Å². The van der Waals surface area contributed by atoms with Gasteiger partial charge in [-0.2, -0.15) is 0 Å². The van der Waals surface area contributed by atoms with E-state index in [0.29, 0.717) is 13.1 Å². The Hall–Kier alpha value is -0.860. The van der Waals surface area contributed by atoms with Crippen LogP contribution in [0.1, 0.15) is 18.1 Å². The first-order chi connectivity index (χ1) is 6.24. The Bertz CT molecular complexity index is 287. The van der Waals surface area contributed by atoms with E-state index < -0.39 is 5.60 Å². The van der Waals surface area contributed by atoms with Crippen molar-refractivity contribution in [1.82, 2.24) is 5.32 Å². The van der Waals surface area contributed by atoms with Crippen LogP contribution < -0.4 is 5.32 Å². The molecule has 0 saturated carbocycles. The van der Waals surface area contributed by atoms with Gasteiger partial charge in [-0.1, -0.05) is 31.2 Å². The molecule has 1 aliphatic heterocycles. The van der Waals surface area contributed by atoms with Crippen molar-refractivity contribution in [2.24, 2.45) is 0 Å². The summed E-state index contributed by atoms with van der Waals surface area (Å²) in [4.78, 5) is 0. The molecule has 0 atom stereocenters. The highest BCUT2D eigenvalue weighted by Gasteiger charge is 2.35. The van der Waals surface area contributed by atoms with Crippen LogP contribution in [-0.2, 0) is 12.0 Å². The molecule has 2 rings (SSSR count). The van der Waals surface area contributed by atoms with Crippen molar-refractivity contribution in [2.45, 2.75) is 18.9 Å². The summed E-state index contributed by atoms with van der Waals surface area (Å²) in [5, 5.41) is 13.1. The van der Waals surface area contributed by atoms with Crippen molar-refractivity contribution >= 4 is 0 Å². The van der Waals surface area contributed by atoms with Crippen LogP contribution in [-0.4, -0.2) is 18.2 Å². The molecular weight excluding hydrogens is 162 g/mol. The molecule has 0 spiro atoms. The summed E-state index contributed by atoms with van der Waals surface area (Å²) in [5.41, 5.74) is 1.75. The van der Waals surface area contributed by atoms with Gasteiger partial charge in [-0.25, -0.2) is 0 Å². The number of β-amino-alcohol motifs (C(OH)–C–C–N with tert-alkyl or cyclic N) is 1. The number of hydrogen-bond acceptors (Lipinski definition) is 2. The number of rotatable bonds is 2. The van der Waals surface area contributed by atoms with E-state index in [0.717, 1.165) is 12.0 Å². The Balaban J connectivity index is 2.22. The zero-order valence-electron chi connectivity index (χ0n) is 7.88. The van der Waals surface area contributed by atoms with E-state index in [9.17, 15) is 5.11 Å². The largest absolute Gasteiger partial charge is 0.382 e. The second kappa shape index (κ2) is 3.13. The fourth-order valence-electron chi connectivity index (χ4n) is 1.62. The third kappa shape index (κ3) is 1.47. The lowest BCUT2D eigenvalue weighted by molar-refractivity contribution is -0.0146. The minimum atomic E-state index is -0.605. The molecular formula is C11H15NO. The Kier molecular flexibility index (Phi) is 2.10. The predicted molar refractivity (Wildman–Crippen MR) is 52.6 cm³/mol. The summed E-state index contributed by atoms with van der Waals surface area (Å²) >= 11 is 0. The summed E-state index contributed by atoms with van der Waals surface area (Å²) in [6, 6.07) is 8.23. The van der Waals surface area contributed by atoms with Gasteiger partial charge in [0.05, 0.1) is 0 Å². The Morgan fingerprint density at radius 3 is 2.31 bits per heavy atom. The van der Waals surface area contributed by atoms with Crippen LogP contribution in [0, 0.1) is 0 Å². The van der Waals surface area contributed by atoms with Gasteiger partial charge in [0, 0.05) is 13.1 Å². The van der Waals surface area contributed by atoms with Crippen molar-refractivity contribution in [3.8, 4) is 0 Å². The third-order valence-corrected chi connectivity index (χ3v) is 2.73. The highest BCUT2D eigenvalue weighted by Crippen LogP contribution is 2.25. The summed E-state index contributed by atoms with van der Waals surface area (Å²) in [7, 11) is 0. The lowest BCUT2D eigenvalue weighted by Crippen LogP contribution is -2.56. The van der Waals surface area contributed by atoms with Gasteiger partial charge in [0.25, 0.3) is 0 Å². The van der Waals surface area contributed by atoms with E-state index >= 15 is 0 Å². The molecule has 2 heteroatoms. The molecule has 0 bridgehead atoms. The van der Waals surface area contributed by atoms with Crippen molar-refractivity contribution < 1.29 is 5.11 Å². The first-order valence-corrected chi connectivity index (χ1v) is 4.77. The molecule has 0 radical (unpaired) electrons. The monoisotopic (exact) mass is 177 g/mol. The maximum Gasteiger partial charge on any atom is 0.114 e. The number of benzene rings is 1. The zero-order chi connectivity index (χ0) is 9.31. The molecule has 2 nitrogen and oxygen atoms in total. The lowest BCUT2D eigenvalue weighted by Gasteiger charge is -2.38. The van der Waals surface area contributed by atoms with Crippen LogP contribution in [0.3, 0.4) is 0 Å². The molecule has 0 amide bonds. The maximum absolute atomic E-state index is 9.98. The summed E-state index contributed by atoms with van der Waals surface area (Å²) in [5.74, 6) is 0. The minimum Gasteiger partial charge on any atom is -0.382 e. The van der Waals surface area contributed by atoms with E-state index in [1.165, 1.54) is 5.56 Å². The summed E-state index contributed by atoms with van der Waals surface area (Å²) in [6.07, 6.45) is 1.05. The van der Waals surface area contributed by atoms with E-state index in [4.69, 9.17) is 0 Å². The molecule has 2 N–H and O–H groups in total. The fraction of sp³-hybridized carbons (Fsp3) is 0.455. The van der Waals surface area contributed by atoms with Gasteiger partial charge in [-0.3, -0.25) is 0 Å². The maximum atomic E-state index is 9.98. The molecule has 0 aromatic heterocycles. The minimum absolute atomic E-state index is 0.605. The normalized spacial score (nSPS) is 19.5. The van der Waals surface area contributed by atoms with Crippen LogP contribution in [0.25, 0.3) is 0 Å². The molecule has 1 aromatic rings. The van der Waals surface area contributed by atoms with E-state index in [1.807, 2.05) is 12.1 Å². The van der Waals surface area contributed by atoms with Gasteiger partial charge in [-0.05, 0) is 17.5 Å². The van der Waals surface area contributed by atoms with Crippen LogP contribution in [0.4, 0.5) is 0 Å². The van der Waals surface area contributed by atoms with Gasteiger partial charge in [0.15, 0.2) is 0 Å². The molecule has 70 valence electrons. The highest BCUT2D eigenvalue weighted by molar-refractivity contribution is 5.29. The third-order valence-electron chi connectivity index (χ3n) is 2.73. The molecule has 1 saturated heterocycles. The van der Waals surface area contributed by atoms with Gasteiger partial charge in [0.2, 0.25) is 0 Å². The van der Waals surface area contributed by atoms with Gasteiger partial charge in [-0.15, -0.1) is 0 Å². The quantitative estimate of drug-likeness (QED) is 0.707. The van der Waals surface area contributed by atoms with Gasteiger partial charge < -0.3 is 10.4 Å². The molecule has 1 aliphatic rings. The molecule has 1 heterocycles. The van der Waals surface area contributed by atoms with Crippen LogP contribution in [0.15, 0.2) is 24.3 Å². The standard InChI is InChI=1S/C11H15NO/c1-2-9-3-5-10(6-4-9)11(13)7-12-8-11/h3-6,12-13H,2,7-8H2,1H3. The number of aliphatic hydroxyl groups is 1. The summed E-state index contributed by atoms with van der Waals surface area (Å²) in [6.45, 7) is 3.49. The Labute approximate surface area is 78.6 Å². The Morgan fingerprint density at radius 2 is 1.92 bits per heavy atom. The smallest absolute Gasteiger partial charge is 0.114 e. The van der Waals surface area contributed by atoms with Gasteiger partial charge >= 0.3 is 0 Å². The molecule has 1 aromatic carbocycles. The van der Waals surface area contributed by atoms with E-state index in [1.54, 1.807) is 0 Å². The number of aryl methyl sites for hydroxylation is 1. The highest BCUT2D eigenvalue weighted by atomic mass is 16.3. The number of nitrogens with one attached hydrogen (secondary N) is 1. The van der Waals surface area contributed by atoms with Crippen LogP contribution in [0.5, 0.6) is 0 Å². The fourth-order valence-corrected chi connectivity index (χ4v) is 1.62. The second-order valence-electron chi connectivity index (χ2n) is 3.69. The van der Waals surface area contributed by atoms with Crippen molar-refractivity contribution in [2.75, 3.05) is 13.1 Å². The first kappa shape index (κ1) is 8.73. The van der Waals surface area contributed by atoms with E-state index in [-0.39, 0.29) is 0 Å². The molecule has 0 unspecified atom stereocenters. The van der Waals surface area contributed by atoms with Crippen molar-refractivity contribution in [1.29, 1.82) is 0 Å². The predicted octanol–water partition coefficient (Wildman–Crippen LogP) is 1.04. The SMILES string of the molecule is CCc1ccc(C2(O)CNC2)cc1. The van der Waals surface area contributed by atoms with Crippen molar-refractivity contribution in [3.63, 3.8) is 0 Å². The molecule has 1 fully saturated rings. The first-order valence-electron chi connectivity index (χ1n) is 4.77. The number of hydrogen-bond donors (Lipinski definition) is 2. The zero-order valence-corrected chi connectivity index (χ0v) is 7.88. The molecule has 13 heavy (non-hydrogen) atoms. The van der Waals surface area contributed by atoms with Gasteiger partial charge in [0.1, 0.15) is 5.60 Å². The Morgan fingerprint density at radius 1 is 1.31 bits per heavy atom. The van der Waals surface area contributed by atoms with Crippen LogP contribution in [0.2, 0.25) is 0 Å².